The Morgan fingerprint density at radius 2 is 2.14 bits per heavy atom. The Labute approximate surface area is 130 Å². The van der Waals surface area contributed by atoms with Gasteiger partial charge in [0.1, 0.15) is 5.82 Å². The number of hydrogen-bond acceptors (Lipinski definition) is 3. The Balaban J connectivity index is 1.72. The summed E-state index contributed by atoms with van der Waals surface area (Å²) < 4.78 is 0. The van der Waals surface area contributed by atoms with Crippen molar-refractivity contribution in [2.24, 2.45) is 0 Å². The Morgan fingerprint density at radius 3 is 2.68 bits per heavy atom. The molecule has 4 nitrogen and oxygen atoms in total. The molecule has 2 N–H and O–H groups in total. The third-order valence-corrected chi connectivity index (χ3v) is 4.51. The topological polar surface area (TPSA) is 62.2 Å². The number of anilines is 1. The largest absolute Gasteiger partial charge is 0.395 e. The molecule has 1 heterocycles. The van der Waals surface area contributed by atoms with Crippen LogP contribution in [0.3, 0.4) is 0 Å². The van der Waals surface area contributed by atoms with E-state index in [2.05, 4.69) is 10.3 Å². The second kappa shape index (κ2) is 5.89. The highest BCUT2D eigenvalue weighted by Crippen LogP contribution is 2.43. The predicted octanol–water partition coefficient (Wildman–Crippen LogP) is 3.06. The lowest BCUT2D eigenvalue weighted by Gasteiger charge is -2.40. The van der Waals surface area contributed by atoms with Gasteiger partial charge in [0, 0.05) is 17.2 Å². The molecule has 1 saturated carbocycles. The van der Waals surface area contributed by atoms with Crippen LogP contribution in [0.4, 0.5) is 5.82 Å². The summed E-state index contributed by atoms with van der Waals surface area (Å²) in [5, 5.41) is 12.4. The molecule has 0 radical (unpaired) electrons. The maximum Gasteiger partial charge on any atom is 0.256 e. The van der Waals surface area contributed by atoms with Gasteiger partial charge in [0.05, 0.1) is 6.61 Å². The quantitative estimate of drug-likeness (QED) is 0.911. The first-order valence-electron chi connectivity index (χ1n) is 7.58. The third kappa shape index (κ3) is 2.74. The van der Waals surface area contributed by atoms with E-state index < -0.39 is 0 Å². The van der Waals surface area contributed by atoms with E-state index >= 15 is 0 Å². The van der Waals surface area contributed by atoms with Gasteiger partial charge in [-0.05, 0) is 43.5 Å². The first-order valence-corrected chi connectivity index (χ1v) is 7.58. The summed E-state index contributed by atoms with van der Waals surface area (Å²) in [6.45, 7) is 2.11. The number of hydrogen-bond donors (Lipinski definition) is 2. The molecule has 3 rings (SSSR count). The molecule has 1 fully saturated rings. The number of aryl methyl sites for hydroxylation is 1. The zero-order valence-electron chi connectivity index (χ0n) is 12.7. The molecule has 1 amide bonds. The number of nitrogens with zero attached hydrogens (tertiary/aromatic N) is 1. The summed E-state index contributed by atoms with van der Waals surface area (Å²) >= 11 is 0. The van der Waals surface area contributed by atoms with Gasteiger partial charge in [0.15, 0.2) is 0 Å². The highest BCUT2D eigenvalue weighted by molar-refractivity contribution is 6.03. The molecule has 4 heteroatoms. The number of aliphatic hydroxyl groups is 1. The minimum Gasteiger partial charge on any atom is -0.395 e. The van der Waals surface area contributed by atoms with Gasteiger partial charge in [-0.1, -0.05) is 30.2 Å². The van der Waals surface area contributed by atoms with Gasteiger partial charge in [-0.3, -0.25) is 4.79 Å². The number of aromatic nitrogens is 1. The average molecular weight is 296 g/mol. The van der Waals surface area contributed by atoms with Crippen molar-refractivity contribution in [1.82, 2.24) is 4.98 Å². The molecule has 114 valence electrons. The van der Waals surface area contributed by atoms with Crippen LogP contribution in [-0.2, 0) is 5.41 Å². The second-order valence-electron chi connectivity index (χ2n) is 6.05. The summed E-state index contributed by atoms with van der Waals surface area (Å²) in [5.41, 5.74) is 2.60. The van der Waals surface area contributed by atoms with Crippen LogP contribution in [0.25, 0.3) is 0 Å². The van der Waals surface area contributed by atoms with Gasteiger partial charge in [-0.15, -0.1) is 0 Å². The van der Waals surface area contributed by atoms with E-state index in [0.29, 0.717) is 11.4 Å². The number of aliphatic hydroxyl groups excluding tert-OH is 1. The molecule has 0 bridgehead atoms. The highest BCUT2D eigenvalue weighted by Gasteiger charge is 2.38. The van der Waals surface area contributed by atoms with Crippen LogP contribution in [0.5, 0.6) is 0 Å². The van der Waals surface area contributed by atoms with Crippen molar-refractivity contribution in [2.75, 3.05) is 11.9 Å². The molecule has 0 atom stereocenters. The number of rotatable bonds is 4. The summed E-state index contributed by atoms with van der Waals surface area (Å²) in [6.07, 6.45) is 4.91. The fourth-order valence-corrected chi connectivity index (χ4v) is 2.90. The summed E-state index contributed by atoms with van der Waals surface area (Å²) in [4.78, 5) is 16.5. The lowest BCUT2D eigenvalue weighted by molar-refractivity contribution is 0.102. The van der Waals surface area contributed by atoms with Crippen molar-refractivity contribution in [2.45, 2.75) is 31.6 Å². The zero-order valence-corrected chi connectivity index (χ0v) is 12.7. The van der Waals surface area contributed by atoms with Gasteiger partial charge in [0.25, 0.3) is 5.91 Å². The molecule has 22 heavy (non-hydrogen) atoms. The van der Waals surface area contributed by atoms with Crippen LogP contribution in [0.2, 0.25) is 0 Å². The lowest BCUT2D eigenvalue weighted by atomic mass is 9.65. The Kier molecular flexibility index (Phi) is 3.94. The van der Waals surface area contributed by atoms with E-state index in [1.54, 1.807) is 18.3 Å². The van der Waals surface area contributed by atoms with Crippen molar-refractivity contribution in [3.63, 3.8) is 0 Å². The van der Waals surface area contributed by atoms with Gasteiger partial charge in [-0.2, -0.15) is 0 Å². The maximum absolute atomic E-state index is 12.2. The smallest absolute Gasteiger partial charge is 0.256 e. The SMILES string of the molecule is Cc1cccc(C(=O)Nc2ccc(C3(CO)CCC3)cn2)c1. The molecule has 0 spiro atoms. The molecular weight excluding hydrogens is 276 g/mol. The first kappa shape index (κ1) is 14.7. The molecule has 2 aromatic rings. The van der Waals surface area contributed by atoms with Crippen molar-refractivity contribution < 1.29 is 9.90 Å². The van der Waals surface area contributed by atoms with E-state index in [9.17, 15) is 9.90 Å². The van der Waals surface area contributed by atoms with Crippen LogP contribution in [0, 0.1) is 6.92 Å². The van der Waals surface area contributed by atoms with Crippen LogP contribution in [0.15, 0.2) is 42.6 Å². The van der Waals surface area contributed by atoms with Crippen LogP contribution in [0.1, 0.15) is 40.7 Å². The van der Waals surface area contributed by atoms with Gasteiger partial charge in [-0.25, -0.2) is 4.98 Å². The molecule has 0 saturated heterocycles. The highest BCUT2D eigenvalue weighted by atomic mass is 16.3. The summed E-state index contributed by atoms with van der Waals surface area (Å²) in [6, 6.07) is 11.2. The number of benzene rings is 1. The average Bonchev–Trinajstić information content (AvgIpc) is 2.48. The molecular formula is C18H20N2O2. The normalized spacial score (nSPS) is 15.9. The van der Waals surface area contributed by atoms with E-state index in [1.807, 2.05) is 31.2 Å². The predicted molar refractivity (Wildman–Crippen MR) is 86.0 cm³/mol. The van der Waals surface area contributed by atoms with Crippen molar-refractivity contribution in [3.05, 3.63) is 59.3 Å². The number of amides is 1. The molecule has 0 unspecified atom stereocenters. The molecule has 1 aliphatic carbocycles. The van der Waals surface area contributed by atoms with Crippen LogP contribution < -0.4 is 5.32 Å². The van der Waals surface area contributed by atoms with Crippen molar-refractivity contribution in [3.8, 4) is 0 Å². The number of nitrogens with one attached hydrogen (secondary N) is 1. The van der Waals surface area contributed by atoms with Gasteiger partial charge in [0.2, 0.25) is 0 Å². The van der Waals surface area contributed by atoms with E-state index in [1.165, 1.54) is 0 Å². The minimum atomic E-state index is -0.163. The summed E-state index contributed by atoms with van der Waals surface area (Å²) in [7, 11) is 0. The van der Waals surface area contributed by atoms with Gasteiger partial charge < -0.3 is 10.4 Å². The monoisotopic (exact) mass is 296 g/mol. The molecule has 1 aromatic heterocycles. The second-order valence-corrected chi connectivity index (χ2v) is 6.05. The maximum atomic E-state index is 12.2. The fourth-order valence-electron chi connectivity index (χ4n) is 2.90. The van der Waals surface area contributed by atoms with E-state index in [0.717, 1.165) is 30.4 Å². The van der Waals surface area contributed by atoms with Crippen LogP contribution >= 0.6 is 0 Å². The van der Waals surface area contributed by atoms with E-state index in [-0.39, 0.29) is 17.9 Å². The standard InChI is InChI=1S/C18H20N2O2/c1-13-4-2-5-14(10-13)17(22)20-16-7-6-15(11-19-16)18(12-21)8-3-9-18/h2,4-7,10-11,21H,3,8-9,12H2,1H3,(H,19,20,22). The molecule has 1 aromatic carbocycles. The first-order chi connectivity index (χ1) is 10.6. The molecule has 1 aliphatic rings. The Hall–Kier alpha value is -2.20. The number of pyridine rings is 1. The van der Waals surface area contributed by atoms with E-state index in [4.69, 9.17) is 0 Å². The van der Waals surface area contributed by atoms with Gasteiger partial charge >= 0.3 is 0 Å². The zero-order chi connectivity index (χ0) is 15.6. The van der Waals surface area contributed by atoms with Crippen molar-refractivity contribution in [1.29, 1.82) is 0 Å². The Bertz CT molecular complexity index is 670. The van der Waals surface area contributed by atoms with Crippen LogP contribution in [-0.4, -0.2) is 22.6 Å². The van der Waals surface area contributed by atoms with Crippen molar-refractivity contribution >= 4 is 11.7 Å². The fraction of sp³-hybridized carbons (Fsp3) is 0.333. The number of carbonyl (C=O) groups is 1. The third-order valence-electron chi connectivity index (χ3n) is 4.51. The lowest BCUT2D eigenvalue weighted by Crippen LogP contribution is -2.38. The Morgan fingerprint density at radius 1 is 1.32 bits per heavy atom. The summed E-state index contributed by atoms with van der Waals surface area (Å²) in [5.74, 6) is 0.368. The molecule has 0 aliphatic heterocycles. The number of carbonyl (C=O) groups excluding carboxylic acids is 1. The minimum absolute atomic E-state index is 0.119.